The molecule has 39 heavy (non-hydrogen) atoms. The summed E-state index contributed by atoms with van der Waals surface area (Å²) in [5.74, 6) is -1.29. The molecule has 0 aliphatic rings. The monoisotopic (exact) mass is 577 g/mol. The van der Waals surface area contributed by atoms with Crippen molar-refractivity contribution in [2.24, 2.45) is 0 Å². The van der Waals surface area contributed by atoms with Gasteiger partial charge in [0.1, 0.15) is 23.4 Å². The van der Waals surface area contributed by atoms with Crippen molar-refractivity contribution in [3.63, 3.8) is 0 Å². The highest BCUT2D eigenvalue weighted by Crippen LogP contribution is 2.38. The zero-order valence-corrected chi connectivity index (χ0v) is 25.5. The molecule has 0 spiro atoms. The second kappa shape index (κ2) is 13.0. The standard InChI is InChI=1S/C29H40ClN3O5S/c1-9-29(7,8)33(26(36)21(16-39)31-27(37)38-28(4,5)6)23(19-14-10-13-18(3)24(19)34)25(35)32-22-17(2)12-11-15-20(22)30/h10-15,21,23,34,39H,9,16H2,1-8H3,(H,31,37)(H,32,35). The molecule has 0 aromatic heterocycles. The van der Waals surface area contributed by atoms with Crippen LogP contribution in [0.2, 0.25) is 5.02 Å². The predicted molar refractivity (Wildman–Crippen MR) is 159 cm³/mol. The van der Waals surface area contributed by atoms with Crippen LogP contribution in [0.3, 0.4) is 0 Å². The fourth-order valence-corrected chi connectivity index (χ4v) is 4.55. The van der Waals surface area contributed by atoms with E-state index in [9.17, 15) is 19.5 Å². The van der Waals surface area contributed by atoms with Crippen LogP contribution in [-0.2, 0) is 14.3 Å². The van der Waals surface area contributed by atoms with Gasteiger partial charge in [-0.25, -0.2) is 4.79 Å². The maximum Gasteiger partial charge on any atom is 0.408 e. The molecule has 0 aliphatic heterocycles. The van der Waals surface area contributed by atoms with Crippen LogP contribution in [0.1, 0.15) is 70.7 Å². The molecule has 2 unspecified atom stereocenters. The molecule has 0 bridgehead atoms. The molecule has 3 N–H and O–H groups in total. The van der Waals surface area contributed by atoms with E-state index in [2.05, 4.69) is 23.3 Å². The highest BCUT2D eigenvalue weighted by atomic mass is 35.5. The number of benzene rings is 2. The number of aromatic hydroxyl groups is 1. The van der Waals surface area contributed by atoms with Crippen LogP contribution in [0.5, 0.6) is 5.75 Å². The Morgan fingerprint density at radius 1 is 1.05 bits per heavy atom. The van der Waals surface area contributed by atoms with Gasteiger partial charge in [-0.15, -0.1) is 0 Å². The second-order valence-electron chi connectivity index (χ2n) is 11.1. The lowest BCUT2D eigenvalue weighted by atomic mass is 9.91. The number of thiol groups is 1. The number of alkyl carbamates (subject to hydrolysis) is 1. The van der Waals surface area contributed by atoms with Crippen molar-refractivity contribution in [1.82, 2.24) is 10.2 Å². The van der Waals surface area contributed by atoms with Crippen LogP contribution in [0, 0.1) is 13.8 Å². The normalized spacial score (nSPS) is 13.3. The first-order valence-electron chi connectivity index (χ1n) is 12.8. The van der Waals surface area contributed by atoms with Crippen molar-refractivity contribution < 1.29 is 24.2 Å². The summed E-state index contributed by atoms with van der Waals surface area (Å²) >= 11 is 10.7. The van der Waals surface area contributed by atoms with Gasteiger partial charge in [0.15, 0.2) is 0 Å². The van der Waals surface area contributed by atoms with E-state index >= 15 is 0 Å². The molecule has 8 nitrogen and oxygen atoms in total. The molecule has 0 saturated carbocycles. The van der Waals surface area contributed by atoms with E-state index < -0.39 is 41.1 Å². The first-order chi connectivity index (χ1) is 18.0. The maximum absolute atomic E-state index is 14.2. The van der Waals surface area contributed by atoms with Gasteiger partial charge in [0.05, 0.1) is 10.7 Å². The van der Waals surface area contributed by atoms with Crippen LogP contribution in [0.4, 0.5) is 10.5 Å². The van der Waals surface area contributed by atoms with Crippen molar-refractivity contribution in [2.75, 3.05) is 11.1 Å². The Kier molecular flexibility index (Phi) is 10.7. The van der Waals surface area contributed by atoms with Crippen molar-refractivity contribution in [3.8, 4) is 5.75 Å². The number of ether oxygens (including phenoxy) is 1. The first kappa shape index (κ1) is 32.3. The zero-order chi connectivity index (χ0) is 29.7. The molecule has 2 aromatic rings. The number of anilines is 1. The molecular weight excluding hydrogens is 538 g/mol. The summed E-state index contributed by atoms with van der Waals surface area (Å²) in [6.07, 6.45) is -0.318. The quantitative estimate of drug-likeness (QED) is 0.266. The Balaban J connectivity index is 2.69. The predicted octanol–water partition coefficient (Wildman–Crippen LogP) is 6.18. The molecule has 2 aromatic carbocycles. The minimum atomic E-state index is -1.27. The number of rotatable bonds is 9. The van der Waals surface area contributed by atoms with Crippen LogP contribution >= 0.6 is 24.2 Å². The number of para-hydroxylation sites is 2. The minimum Gasteiger partial charge on any atom is -0.507 e. The van der Waals surface area contributed by atoms with Crippen LogP contribution in [-0.4, -0.2) is 50.8 Å². The summed E-state index contributed by atoms with van der Waals surface area (Å²) < 4.78 is 5.36. The third kappa shape index (κ3) is 8.05. The molecule has 3 amide bonds. The molecule has 2 atom stereocenters. The summed E-state index contributed by atoms with van der Waals surface area (Å²) in [5, 5.41) is 16.9. The molecule has 2 rings (SSSR count). The highest BCUT2D eigenvalue weighted by molar-refractivity contribution is 7.80. The third-order valence-electron chi connectivity index (χ3n) is 6.47. The lowest BCUT2D eigenvalue weighted by Crippen LogP contribution is -2.59. The minimum absolute atomic E-state index is 0.0495. The van der Waals surface area contributed by atoms with Gasteiger partial charge in [0, 0.05) is 16.9 Å². The maximum atomic E-state index is 14.2. The molecule has 0 saturated heterocycles. The average molecular weight is 578 g/mol. The first-order valence-corrected chi connectivity index (χ1v) is 13.8. The van der Waals surface area contributed by atoms with Gasteiger partial charge in [0.2, 0.25) is 5.91 Å². The number of hydrogen-bond acceptors (Lipinski definition) is 6. The van der Waals surface area contributed by atoms with Gasteiger partial charge in [0.25, 0.3) is 5.91 Å². The number of carbonyl (C=O) groups is 3. The van der Waals surface area contributed by atoms with E-state index in [0.717, 1.165) is 5.56 Å². The molecule has 0 aliphatic carbocycles. The number of nitrogens with zero attached hydrogens (tertiary/aromatic N) is 1. The summed E-state index contributed by atoms with van der Waals surface area (Å²) in [5.41, 5.74) is 0.248. The number of hydrogen-bond donors (Lipinski definition) is 4. The van der Waals surface area contributed by atoms with Gasteiger partial charge in [-0.1, -0.05) is 48.9 Å². The largest absolute Gasteiger partial charge is 0.507 e. The SMILES string of the molecule is CCC(C)(C)N(C(=O)C(CS)NC(=O)OC(C)(C)C)C(C(=O)Nc1c(C)cccc1Cl)c1cccc(C)c1O. The number of halogens is 1. The summed E-state index contributed by atoms with van der Waals surface area (Å²) in [6, 6.07) is 7.88. The average Bonchev–Trinajstić information content (AvgIpc) is 2.83. The number of nitrogens with one attached hydrogen (secondary N) is 2. The number of phenolic OH excluding ortho intramolecular Hbond substituents is 1. The van der Waals surface area contributed by atoms with E-state index in [1.165, 1.54) is 4.90 Å². The lowest BCUT2D eigenvalue weighted by molar-refractivity contribution is -0.147. The van der Waals surface area contributed by atoms with E-state index in [4.69, 9.17) is 16.3 Å². The van der Waals surface area contributed by atoms with Gasteiger partial charge in [-0.2, -0.15) is 12.6 Å². The molecule has 0 fully saturated rings. The Morgan fingerprint density at radius 2 is 1.64 bits per heavy atom. The van der Waals surface area contributed by atoms with E-state index in [1.807, 2.05) is 20.8 Å². The fourth-order valence-electron chi connectivity index (χ4n) is 4.03. The lowest BCUT2D eigenvalue weighted by Gasteiger charge is -2.44. The molecular formula is C29H40ClN3O5S. The number of phenols is 1. The molecule has 0 radical (unpaired) electrons. The van der Waals surface area contributed by atoms with E-state index in [0.29, 0.717) is 22.7 Å². The van der Waals surface area contributed by atoms with Crippen molar-refractivity contribution in [1.29, 1.82) is 0 Å². The Labute approximate surface area is 241 Å². The smallest absolute Gasteiger partial charge is 0.408 e. The van der Waals surface area contributed by atoms with Gasteiger partial charge in [-0.3, -0.25) is 9.59 Å². The fraction of sp³-hybridized carbons (Fsp3) is 0.483. The van der Waals surface area contributed by atoms with E-state index in [-0.39, 0.29) is 17.1 Å². The molecule has 10 heteroatoms. The number of aryl methyl sites for hydroxylation is 2. The van der Waals surface area contributed by atoms with Crippen molar-refractivity contribution in [3.05, 3.63) is 58.1 Å². The van der Waals surface area contributed by atoms with Gasteiger partial charge < -0.3 is 25.4 Å². The van der Waals surface area contributed by atoms with Gasteiger partial charge in [-0.05, 0) is 72.1 Å². The third-order valence-corrected chi connectivity index (χ3v) is 7.15. The summed E-state index contributed by atoms with van der Waals surface area (Å²) in [4.78, 5) is 42.3. The number of amides is 3. The topological polar surface area (TPSA) is 108 Å². The number of carbonyl (C=O) groups excluding carboxylic acids is 3. The highest BCUT2D eigenvalue weighted by Gasteiger charge is 2.44. The van der Waals surface area contributed by atoms with Crippen LogP contribution in [0.25, 0.3) is 0 Å². The van der Waals surface area contributed by atoms with Crippen LogP contribution < -0.4 is 10.6 Å². The Bertz CT molecular complexity index is 1190. The Hall–Kier alpha value is -2.91. The second-order valence-corrected chi connectivity index (χ2v) is 11.9. The van der Waals surface area contributed by atoms with Crippen molar-refractivity contribution in [2.45, 2.75) is 85.0 Å². The van der Waals surface area contributed by atoms with Gasteiger partial charge >= 0.3 is 6.09 Å². The summed E-state index contributed by atoms with van der Waals surface area (Å²) in [6.45, 7) is 14.2. The molecule has 0 heterocycles. The van der Waals surface area contributed by atoms with Crippen molar-refractivity contribution >= 4 is 47.8 Å². The van der Waals surface area contributed by atoms with E-state index in [1.54, 1.807) is 71.0 Å². The van der Waals surface area contributed by atoms with Crippen LogP contribution in [0.15, 0.2) is 36.4 Å². The molecule has 214 valence electrons. The summed E-state index contributed by atoms with van der Waals surface area (Å²) in [7, 11) is 0. The Morgan fingerprint density at radius 3 is 2.18 bits per heavy atom. The zero-order valence-electron chi connectivity index (χ0n) is 23.9.